The molecule has 1 aromatic heterocycles. The Labute approximate surface area is 98.0 Å². The van der Waals surface area contributed by atoms with Crippen LogP contribution in [0.5, 0.6) is 0 Å². The van der Waals surface area contributed by atoms with Crippen LogP contribution < -0.4 is 5.73 Å². The molecule has 0 saturated heterocycles. The normalized spacial score (nSPS) is 13.8. The van der Waals surface area contributed by atoms with Crippen LogP contribution in [0.15, 0.2) is 18.3 Å². The summed E-state index contributed by atoms with van der Waals surface area (Å²) in [4.78, 5) is 4.34. The van der Waals surface area contributed by atoms with E-state index in [4.69, 9.17) is 10.5 Å². The van der Waals surface area contributed by atoms with Crippen molar-refractivity contribution >= 4 is 0 Å². The van der Waals surface area contributed by atoms with Gasteiger partial charge in [-0.2, -0.15) is 0 Å². The van der Waals surface area contributed by atoms with E-state index in [0.717, 1.165) is 24.1 Å². The number of methoxy groups -OCH3 is 1. The van der Waals surface area contributed by atoms with Gasteiger partial charge in [0.05, 0.1) is 11.3 Å². The van der Waals surface area contributed by atoms with Crippen molar-refractivity contribution in [1.82, 2.24) is 4.98 Å². The van der Waals surface area contributed by atoms with Gasteiger partial charge in [0.15, 0.2) is 0 Å². The number of hydrogen-bond acceptors (Lipinski definition) is 3. The van der Waals surface area contributed by atoms with Crippen molar-refractivity contribution in [2.24, 2.45) is 5.73 Å². The van der Waals surface area contributed by atoms with Gasteiger partial charge in [-0.15, -0.1) is 0 Å². The highest BCUT2D eigenvalue weighted by atomic mass is 16.5. The summed E-state index contributed by atoms with van der Waals surface area (Å²) in [6.07, 6.45) is 3.61. The molecule has 2 N–H and O–H groups in total. The number of aryl methyl sites for hydroxylation is 1. The zero-order valence-electron chi connectivity index (χ0n) is 10.7. The summed E-state index contributed by atoms with van der Waals surface area (Å²) in [7, 11) is 1.73. The van der Waals surface area contributed by atoms with Gasteiger partial charge in [0.1, 0.15) is 0 Å². The number of aromatic nitrogens is 1. The molecular formula is C13H22N2O. The predicted molar refractivity (Wildman–Crippen MR) is 66.2 cm³/mol. The SMILES string of the molecule is COC(C)(C)CCC(N)c1ncccc1C. The van der Waals surface area contributed by atoms with Crippen molar-refractivity contribution in [3.63, 3.8) is 0 Å². The molecule has 0 radical (unpaired) electrons. The fourth-order valence-corrected chi connectivity index (χ4v) is 1.63. The molecule has 0 aliphatic heterocycles. The first kappa shape index (κ1) is 13.1. The Balaban J connectivity index is 2.60. The van der Waals surface area contributed by atoms with Gasteiger partial charge < -0.3 is 10.5 Å². The fourth-order valence-electron chi connectivity index (χ4n) is 1.63. The lowest BCUT2D eigenvalue weighted by Crippen LogP contribution is -2.25. The van der Waals surface area contributed by atoms with Crippen molar-refractivity contribution in [2.45, 2.75) is 45.3 Å². The Bertz CT molecular complexity index is 336. The third kappa shape index (κ3) is 3.58. The first-order valence-electron chi connectivity index (χ1n) is 5.68. The molecule has 0 aliphatic rings. The van der Waals surface area contributed by atoms with Crippen LogP contribution in [0.4, 0.5) is 0 Å². The molecule has 1 rings (SSSR count). The van der Waals surface area contributed by atoms with Crippen molar-refractivity contribution in [3.05, 3.63) is 29.6 Å². The highest BCUT2D eigenvalue weighted by molar-refractivity contribution is 5.20. The smallest absolute Gasteiger partial charge is 0.0623 e. The van der Waals surface area contributed by atoms with Crippen molar-refractivity contribution in [1.29, 1.82) is 0 Å². The number of nitrogens with zero attached hydrogens (tertiary/aromatic N) is 1. The Morgan fingerprint density at radius 2 is 2.19 bits per heavy atom. The predicted octanol–water partition coefficient (Wildman–Crippen LogP) is 2.60. The molecule has 0 aromatic carbocycles. The number of pyridine rings is 1. The average Bonchev–Trinajstić information content (AvgIpc) is 2.27. The maximum atomic E-state index is 6.14. The fraction of sp³-hybridized carbons (Fsp3) is 0.615. The highest BCUT2D eigenvalue weighted by Crippen LogP contribution is 2.23. The molecule has 0 saturated carbocycles. The second-order valence-corrected chi connectivity index (χ2v) is 4.81. The molecule has 0 spiro atoms. The Morgan fingerprint density at radius 3 is 2.75 bits per heavy atom. The Hall–Kier alpha value is -0.930. The van der Waals surface area contributed by atoms with Gasteiger partial charge in [-0.1, -0.05) is 6.07 Å². The van der Waals surface area contributed by atoms with Crippen LogP contribution in [0.1, 0.15) is 44.0 Å². The minimum atomic E-state index is -0.111. The quantitative estimate of drug-likeness (QED) is 0.833. The number of hydrogen-bond donors (Lipinski definition) is 1. The highest BCUT2D eigenvalue weighted by Gasteiger charge is 2.19. The summed E-state index contributed by atoms with van der Waals surface area (Å²) in [5.41, 5.74) is 8.18. The summed E-state index contributed by atoms with van der Waals surface area (Å²) in [5.74, 6) is 0. The largest absolute Gasteiger partial charge is 0.379 e. The van der Waals surface area contributed by atoms with Crippen molar-refractivity contribution in [2.75, 3.05) is 7.11 Å². The molecule has 1 atom stereocenters. The molecule has 1 aromatic rings. The van der Waals surface area contributed by atoms with E-state index in [1.807, 2.05) is 19.1 Å². The van der Waals surface area contributed by atoms with E-state index in [0.29, 0.717) is 0 Å². The lowest BCUT2D eigenvalue weighted by molar-refractivity contribution is 0.0124. The van der Waals surface area contributed by atoms with E-state index in [9.17, 15) is 0 Å². The van der Waals surface area contributed by atoms with E-state index in [1.165, 1.54) is 0 Å². The van der Waals surface area contributed by atoms with E-state index < -0.39 is 0 Å². The molecule has 1 heterocycles. The molecule has 1 unspecified atom stereocenters. The number of rotatable bonds is 5. The lowest BCUT2D eigenvalue weighted by atomic mass is 9.96. The van der Waals surface area contributed by atoms with Gasteiger partial charge in [-0.05, 0) is 45.2 Å². The summed E-state index contributed by atoms with van der Waals surface area (Å²) >= 11 is 0. The van der Waals surface area contributed by atoms with Crippen LogP contribution in [-0.2, 0) is 4.74 Å². The van der Waals surface area contributed by atoms with Crippen molar-refractivity contribution < 1.29 is 4.74 Å². The maximum Gasteiger partial charge on any atom is 0.0623 e. The minimum absolute atomic E-state index is 0.00405. The zero-order valence-corrected chi connectivity index (χ0v) is 10.7. The first-order chi connectivity index (χ1) is 7.46. The van der Waals surface area contributed by atoms with Crippen LogP contribution in [0.3, 0.4) is 0 Å². The third-order valence-electron chi connectivity index (χ3n) is 3.01. The molecule has 0 aliphatic carbocycles. The maximum absolute atomic E-state index is 6.14. The minimum Gasteiger partial charge on any atom is -0.379 e. The van der Waals surface area contributed by atoms with Gasteiger partial charge in [0, 0.05) is 19.3 Å². The van der Waals surface area contributed by atoms with Gasteiger partial charge in [-0.25, -0.2) is 0 Å². The molecule has 0 amide bonds. The van der Waals surface area contributed by atoms with Gasteiger partial charge >= 0.3 is 0 Å². The summed E-state index contributed by atoms with van der Waals surface area (Å²) in [6.45, 7) is 6.19. The number of ether oxygens (including phenoxy) is 1. The monoisotopic (exact) mass is 222 g/mol. The third-order valence-corrected chi connectivity index (χ3v) is 3.01. The summed E-state index contributed by atoms with van der Waals surface area (Å²) < 4.78 is 5.38. The number of nitrogens with two attached hydrogens (primary N) is 1. The van der Waals surface area contributed by atoms with Crippen LogP contribution in [0.2, 0.25) is 0 Å². The van der Waals surface area contributed by atoms with E-state index in [2.05, 4.69) is 18.8 Å². The average molecular weight is 222 g/mol. The van der Waals surface area contributed by atoms with Crippen LogP contribution >= 0.6 is 0 Å². The molecule has 3 heteroatoms. The zero-order chi connectivity index (χ0) is 12.2. The van der Waals surface area contributed by atoms with Crippen molar-refractivity contribution in [3.8, 4) is 0 Å². The van der Waals surface area contributed by atoms with Crippen LogP contribution in [-0.4, -0.2) is 17.7 Å². The summed E-state index contributed by atoms with van der Waals surface area (Å²) in [5, 5.41) is 0. The Kier molecular flexibility index (Phi) is 4.44. The summed E-state index contributed by atoms with van der Waals surface area (Å²) in [6, 6.07) is 3.98. The molecule has 3 nitrogen and oxygen atoms in total. The second kappa shape index (κ2) is 5.41. The van der Waals surface area contributed by atoms with Gasteiger partial charge in [-0.3, -0.25) is 4.98 Å². The second-order valence-electron chi connectivity index (χ2n) is 4.81. The van der Waals surface area contributed by atoms with Gasteiger partial charge in [0.2, 0.25) is 0 Å². The topological polar surface area (TPSA) is 48.1 Å². The Morgan fingerprint density at radius 1 is 1.50 bits per heavy atom. The van der Waals surface area contributed by atoms with E-state index in [1.54, 1.807) is 13.3 Å². The first-order valence-corrected chi connectivity index (χ1v) is 5.68. The molecule has 90 valence electrons. The molecular weight excluding hydrogens is 200 g/mol. The molecule has 0 fully saturated rings. The van der Waals surface area contributed by atoms with E-state index >= 15 is 0 Å². The van der Waals surface area contributed by atoms with Gasteiger partial charge in [0.25, 0.3) is 0 Å². The molecule has 0 bridgehead atoms. The lowest BCUT2D eigenvalue weighted by Gasteiger charge is -2.24. The standard InChI is InChI=1S/C13H22N2O/c1-10-6-5-9-15-12(10)11(14)7-8-13(2,3)16-4/h5-6,9,11H,7-8,14H2,1-4H3. The molecule has 16 heavy (non-hydrogen) atoms. The van der Waals surface area contributed by atoms with E-state index in [-0.39, 0.29) is 11.6 Å². The van der Waals surface area contributed by atoms with Crippen LogP contribution in [0.25, 0.3) is 0 Å². The van der Waals surface area contributed by atoms with Crippen LogP contribution in [0, 0.1) is 6.92 Å².